The molecule has 9 nitrogen and oxygen atoms in total. The number of esters is 4. The van der Waals surface area contributed by atoms with Crippen LogP contribution in [0.4, 0.5) is 0 Å². The van der Waals surface area contributed by atoms with Crippen molar-refractivity contribution in [1.29, 1.82) is 0 Å². The molecule has 0 saturated heterocycles. The van der Waals surface area contributed by atoms with Gasteiger partial charge in [-0.2, -0.15) is 0 Å². The molecule has 2 aliphatic carbocycles. The summed E-state index contributed by atoms with van der Waals surface area (Å²) in [6, 6.07) is 19.7. The molecule has 3 aromatic carbocycles. The van der Waals surface area contributed by atoms with Gasteiger partial charge in [0.1, 0.15) is 23.7 Å². The molecule has 2 fully saturated rings. The molecule has 0 unspecified atom stereocenters. The van der Waals surface area contributed by atoms with Gasteiger partial charge in [-0.15, -0.1) is 0 Å². The molecular weight excluding hydrogens is 696 g/mol. The lowest BCUT2D eigenvalue weighted by Gasteiger charge is -2.28. The van der Waals surface area contributed by atoms with Crippen LogP contribution in [-0.2, 0) is 31.9 Å². The van der Waals surface area contributed by atoms with Crippen LogP contribution in [0.3, 0.4) is 0 Å². The first-order valence-electron chi connectivity index (χ1n) is 20.3. The van der Waals surface area contributed by atoms with E-state index in [1.807, 2.05) is 48.5 Å². The van der Waals surface area contributed by atoms with Gasteiger partial charge >= 0.3 is 23.9 Å². The molecule has 0 N–H and O–H groups in total. The molecule has 0 spiro atoms. The summed E-state index contributed by atoms with van der Waals surface area (Å²) in [5.41, 5.74) is 3.72. The van der Waals surface area contributed by atoms with Crippen LogP contribution in [0.2, 0.25) is 0 Å². The number of ether oxygens (including phenoxy) is 4. The van der Waals surface area contributed by atoms with Crippen molar-refractivity contribution in [2.75, 3.05) is 0 Å². The van der Waals surface area contributed by atoms with E-state index in [9.17, 15) is 24.0 Å². The number of aryl methyl sites for hydroxylation is 2. The van der Waals surface area contributed by atoms with Crippen LogP contribution in [0.1, 0.15) is 153 Å². The van der Waals surface area contributed by atoms with E-state index >= 15 is 0 Å². The fourth-order valence-electron chi connectivity index (χ4n) is 7.64. The molecule has 2 aliphatic rings. The van der Waals surface area contributed by atoms with E-state index in [-0.39, 0.29) is 59.8 Å². The van der Waals surface area contributed by atoms with Gasteiger partial charge in [0.05, 0.1) is 16.7 Å². The van der Waals surface area contributed by atoms with Gasteiger partial charge in [-0.05, 0) is 149 Å². The van der Waals surface area contributed by atoms with Crippen molar-refractivity contribution >= 4 is 29.7 Å². The van der Waals surface area contributed by atoms with Crippen LogP contribution in [0.25, 0.3) is 0 Å². The van der Waals surface area contributed by atoms with E-state index in [0.29, 0.717) is 35.8 Å². The predicted octanol–water partition coefficient (Wildman–Crippen LogP) is 10.00. The van der Waals surface area contributed by atoms with Crippen LogP contribution in [0.15, 0.2) is 66.7 Å². The summed E-state index contributed by atoms with van der Waals surface area (Å²) in [5, 5.41) is 0. The number of carbonyl (C=O) groups excluding carboxylic acids is 5. The topological polar surface area (TPSA) is 122 Å². The third-order valence-corrected chi connectivity index (χ3v) is 10.9. The minimum Gasteiger partial charge on any atom is -0.459 e. The van der Waals surface area contributed by atoms with Crippen molar-refractivity contribution in [3.8, 4) is 11.5 Å². The fourth-order valence-corrected chi connectivity index (χ4v) is 7.64. The summed E-state index contributed by atoms with van der Waals surface area (Å²) in [6.45, 7) is 5.63. The number of ketones is 1. The molecule has 5 rings (SSSR count). The number of hydrogen-bond donors (Lipinski definition) is 0. The Morgan fingerprint density at radius 2 is 1.00 bits per heavy atom. The molecule has 3 aromatic rings. The zero-order valence-corrected chi connectivity index (χ0v) is 32.6. The maximum Gasteiger partial charge on any atom is 0.338 e. The zero-order chi connectivity index (χ0) is 39.2. The maximum absolute atomic E-state index is 12.8. The Morgan fingerprint density at radius 1 is 0.564 bits per heavy atom. The molecule has 2 saturated carbocycles. The molecule has 0 bridgehead atoms. The predicted molar refractivity (Wildman–Crippen MR) is 209 cm³/mol. The molecule has 0 heterocycles. The van der Waals surface area contributed by atoms with E-state index in [4.69, 9.17) is 18.9 Å². The van der Waals surface area contributed by atoms with Crippen LogP contribution >= 0.6 is 0 Å². The van der Waals surface area contributed by atoms with E-state index in [2.05, 4.69) is 13.8 Å². The SMILES string of the molecule is CCCc1ccc(C(=O)OC2CCC(CCC(=O)Oc3ccc(OC(=O)CCC4CCC(OC(=O)c5ccc(CCC)cc5)CC4)c(C(C)=O)c3)CC2)cc1. The Kier molecular flexibility index (Phi) is 15.6. The van der Waals surface area contributed by atoms with Crippen molar-refractivity contribution in [1.82, 2.24) is 0 Å². The van der Waals surface area contributed by atoms with Crippen molar-refractivity contribution in [2.24, 2.45) is 11.8 Å². The smallest absolute Gasteiger partial charge is 0.338 e. The normalized spacial score (nSPS) is 19.5. The minimum absolute atomic E-state index is 0.124. The second-order valence-electron chi connectivity index (χ2n) is 15.2. The van der Waals surface area contributed by atoms with Crippen LogP contribution < -0.4 is 9.47 Å². The Morgan fingerprint density at radius 3 is 1.42 bits per heavy atom. The Bertz CT molecular complexity index is 1740. The highest BCUT2D eigenvalue weighted by atomic mass is 16.6. The zero-order valence-electron chi connectivity index (χ0n) is 32.6. The van der Waals surface area contributed by atoms with Gasteiger partial charge in [0, 0.05) is 12.8 Å². The number of rotatable bonds is 17. The summed E-state index contributed by atoms with van der Waals surface area (Å²) in [4.78, 5) is 63.3. The highest BCUT2D eigenvalue weighted by Crippen LogP contribution is 2.32. The lowest BCUT2D eigenvalue weighted by atomic mass is 9.84. The van der Waals surface area contributed by atoms with Gasteiger partial charge in [0.15, 0.2) is 5.78 Å². The molecule has 9 heteroatoms. The monoisotopic (exact) mass is 752 g/mol. The standard InChI is InChI=1S/C46H56O9/c1-4-6-32-8-18-36(19-9-32)45(50)53-38-22-12-34(13-23-38)16-28-43(48)52-40-26-27-42(41(30-40)31(3)47)55-44(49)29-17-35-14-24-39(25-15-35)54-46(51)37-20-10-33(7-5-2)11-21-37/h8-11,18-21,26-27,30,34-35,38-39H,4-7,12-17,22-25,28-29H2,1-3H3. The van der Waals surface area contributed by atoms with Crippen LogP contribution in [0.5, 0.6) is 11.5 Å². The number of carbonyl (C=O) groups is 5. The molecule has 0 radical (unpaired) electrons. The summed E-state index contributed by atoms with van der Waals surface area (Å²) in [5.74, 6) is -0.717. The first-order chi connectivity index (χ1) is 26.6. The summed E-state index contributed by atoms with van der Waals surface area (Å²) in [7, 11) is 0. The van der Waals surface area contributed by atoms with Crippen LogP contribution in [-0.4, -0.2) is 41.9 Å². The van der Waals surface area contributed by atoms with Gasteiger partial charge < -0.3 is 18.9 Å². The van der Waals surface area contributed by atoms with Gasteiger partial charge in [0.25, 0.3) is 0 Å². The van der Waals surface area contributed by atoms with E-state index < -0.39 is 11.9 Å². The molecule has 0 amide bonds. The molecule has 294 valence electrons. The highest BCUT2D eigenvalue weighted by molar-refractivity contribution is 5.98. The number of benzene rings is 3. The average molecular weight is 753 g/mol. The van der Waals surface area contributed by atoms with E-state index in [1.165, 1.54) is 36.2 Å². The maximum atomic E-state index is 12.8. The third kappa shape index (κ3) is 12.9. The Balaban J connectivity index is 0.987. The minimum atomic E-state index is -0.433. The van der Waals surface area contributed by atoms with Crippen molar-refractivity contribution in [3.05, 3.63) is 94.5 Å². The fraction of sp³-hybridized carbons (Fsp3) is 0.500. The third-order valence-electron chi connectivity index (χ3n) is 10.9. The Labute approximate surface area is 325 Å². The quantitative estimate of drug-likeness (QED) is 0.0753. The van der Waals surface area contributed by atoms with Crippen molar-refractivity contribution in [2.45, 2.75) is 136 Å². The van der Waals surface area contributed by atoms with Gasteiger partial charge in [-0.25, -0.2) is 9.59 Å². The molecule has 0 aromatic heterocycles. The van der Waals surface area contributed by atoms with Gasteiger partial charge in [-0.1, -0.05) is 51.0 Å². The Hall–Kier alpha value is -4.79. The van der Waals surface area contributed by atoms with Crippen LogP contribution in [0, 0.1) is 11.8 Å². The summed E-state index contributed by atoms with van der Waals surface area (Å²) >= 11 is 0. The second-order valence-corrected chi connectivity index (χ2v) is 15.2. The summed E-state index contributed by atoms with van der Waals surface area (Å²) in [6.07, 6.45) is 12.0. The molecule has 0 atom stereocenters. The number of Topliss-reactive ketones (excluding diaryl/α,β-unsaturated/α-hetero) is 1. The largest absolute Gasteiger partial charge is 0.459 e. The highest BCUT2D eigenvalue weighted by Gasteiger charge is 2.27. The molecular formula is C46H56O9. The second kappa shape index (κ2) is 20.8. The van der Waals surface area contributed by atoms with E-state index in [1.54, 1.807) is 0 Å². The van der Waals surface area contributed by atoms with Crippen molar-refractivity contribution < 1.29 is 42.9 Å². The lowest BCUT2D eigenvalue weighted by molar-refractivity contribution is -0.136. The van der Waals surface area contributed by atoms with Gasteiger partial charge in [-0.3, -0.25) is 14.4 Å². The average Bonchev–Trinajstić information content (AvgIpc) is 3.18. The van der Waals surface area contributed by atoms with Gasteiger partial charge in [0.2, 0.25) is 0 Å². The first-order valence-corrected chi connectivity index (χ1v) is 20.3. The first kappa shape index (κ1) is 41.4. The summed E-state index contributed by atoms with van der Waals surface area (Å²) < 4.78 is 22.7. The number of hydrogen-bond acceptors (Lipinski definition) is 9. The van der Waals surface area contributed by atoms with Crippen molar-refractivity contribution in [3.63, 3.8) is 0 Å². The molecule has 0 aliphatic heterocycles. The molecule has 55 heavy (non-hydrogen) atoms. The lowest BCUT2D eigenvalue weighted by Crippen LogP contribution is -2.25. The van der Waals surface area contributed by atoms with E-state index in [0.717, 1.165) is 77.0 Å².